The number of anilines is 1. The lowest BCUT2D eigenvalue weighted by Gasteiger charge is -2.24. The van der Waals surface area contributed by atoms with Gasteiger partial charge in [0.2, 0.25) is 0 Å². The van der Waals surface area contributed by atoms with Gasteiger partial charge in [-0.15, -0.1) is 24.0 Å². The largest absolute Gasteiger partial charge is 0.378 e. The van der Waals surface area contributed by atoms with Crippen molar-refractivity contribution >= 4 is 35.6 Å². The summed E-state index contributed by atoms with van der Waals surface area (Å²) in [4.78, 5) is 9.43. The van der Waals surface area contributed by atoms with Gasteiger partial charge in [0, 0.05) is 38.9 Å². The number of hydrogen-bond acceptors (Lipinski definition) is 3. The molecule has 142 valence electrons. The van der Waals surface area contributed by atoms with Crippen LogP contribution < -0.4 is 15.5 Å². The van der Waals surface area contributed by atoms with E-state index < -0.39 is 0 Å². The van der Waals surface area contributed by atoms with E-state index in [4.69, 9.17) is 4.99 Å². The molecule has 1 unspecified atom stereocenters. The molecule has 1 aliphatic rings. The Bertz CT molecular complexity index is 532. The van der Waals surface area contributed by atoms with E-state index in [-0.39, 0.29) is 24.0 Å². The zero-order valence-corrected chi connectivity index (χ0v) is 18.4. The van der Waals surface area contributed by atoms with Crippen LogP contribution in [0.5, 0.6) is 0 Å². The minimum atomic E-state index is 0. The van der Waals surface area contributed by atoms with Crippen molar-refractivity contribution in [2.24, 2.45) is 4.99 Å². The first kappa shape index (κ1) is 22.0. The molecule has 0 bridgehead atoms. The number of rotatable bonds is 7. The molecule has 0 spiro atoms. The van der Waals surface area contributed by atoms with Gasteiger partial charge in [-0.3, -0.25) is 4.90 Å². The van der Waals surface area contributed by atoms with Gasteiger partial charge in [-0.25, -0.2) is 4.99 Å². The van der Waals surface area contributed by atoms with Gasteiger partial charge in [-0.2, -0.15) is 0 Å². The number of hydrogen-bond donors (Lipinski definition) is 2. The van der Waals surface area contributed by atoms with Gasteiger partial charge in [0.05, 0.1) is 6.54 Å². The molecular weight excluding hydrogens is 425 g/mol. The first-order valence-corrected chi connectivity index (χ1v) is 9.16. The second-order valence-electron chi connectivity index (χ2n) is 6.57. The average molecular weight is 459 g/mol. The Morgan fingerprint density at radius 3 is 2.76 bits per heavy atom. The van der Waals surface area contributed by atoms with Crippen LogP contribution in [0.25, 0.3) is 0 Å². The van der Waals surface area contributed by atoms with Gasteiger partial charge in [-0.05, 0) is 50.6 Å². The fourth-order valence-electron chi connectivity index (χ4n) is 3.20. The summed E-state index contributed by atoms with van der Waals surface area (Å²) in [5.41, 5.74) is 2.44. The number of guanidine groups is 1. The summed E-state index contributed by atoms with van der Waals surface area (Å²) in [6.07, 6.45) is 2.59. The Morgan fingerprint density at radius 2 is 2.08 bits per heavy atom. The molecule has 25 heavy (non-hydrogen) atoms. The van der Waals surface area contributed by atoms with Crippen LogP contribution in [0.3, 0.4) is 0 Å². The fraction of sp³-hybridized carbons (Fsp3) is 0.632. The van der Waals surface area contributed by atoms with Gasteiger partial charge in [0.1, 0.15) is 0 Å². The molecule has 0 aliphatic carbocycles. The Hall–Kier alpha value is -1.02. The lowest BCUT2D eigenvalue weighted by molar-refractivity contribution is 0.267. The molecule has 2 rings (SSSR count). The minimum Gasteiger partial charge on any atom is -0.378 e. The van der Waals surface area contributed by atoms with Crippen LogP contribution >= 0.6 is 24.0 Å². The van der Waals surface area contributed by atoms with Crippen molar-refractivity contribution in [3.8, 4) is 0 Å². The van der Waals surface area contributed by atoms with E-state index in [0.717, 1.165) is 25.6 Å². The highest BCUT2D eigenvalue weighted by Gasteiger charge is 2.22. The predicted molar refractivity (Wildman–Crippen MR) is 119 cm³/mol. The molecule has 2 N–H and O–H groups in total. The van der Waals surface area contributed by atoms with E-state index in [2.05, 4.69) is 72.6 Å². The number of likely N-dealkylation sites (tertiary alicyclic amines) is 1. The number of halogens is 1. The van der Waals surface area contributed by atoms with Crippen LogP contribution in [0, 0.1) is 0 Å². The normalized spacial score (nSPS) is 17.9. The molecule has 1 atom stereocenters. The summed E-state index contributed by atoms with van der Waals surface area (Å²) in [5, 5.41) is 6.88. The molecule has 1 fully saturated rings. The van der Waals surface area contributed by atoms with E-state index in [0.29, 0.717) is 12.6 Å². The Morgan fingerprint density at radius 1 is 1.28 bits per heavy atom. The summed E-state index contributed by atoms with van der Waals surface area (Å²) >= 11 is 0. The molecule has 6 heteroatoms. The van der Waals surface area contributed by atoms with Crippen molar-refractivity contribution in [2.75, 3.05) is 45.2 Å². The third-order valence-corrected chi connectivity index (χ3v) is 4.60. The molecular formula is C19H34IN5. The monoisotopic (exact) mass is 459 g/mol. The molecule has 1 heterocycles. The quantitative estimate of drug-likeness (QED) is 0.374. The maximum atomic E-state index is 4.75. The number of likely N-dealkylation sites (N-methyl/N-ethyl adjacent to an activating group) is 1. The van der Waals surface area contributed by atoms with Crippen molar-refractivity contribution in [1.29, 1.82) is 0 Å². The van der Waals surface area contributed by atoms with E-state index in [1.165, 1.54) is 30.6 Å². The SMILES string of the molecule is CCNC(=NCc1cccc(N(C)C)c1)NCC1CCCN1CC.I. The molecule has 0 amide bonds. The van der Waals surface area contributed by atoms with Crippen LogP contribution in [0.4, 0.5) is 5.69 Å². The van der Waals surface area contributed by atoms with E-state index in [9.17, 15) is 0 Å². The molecule has 0 saturated carbocycles. The molecule has 1 aromatic rings. The van der Waals surface area contributed by atoms with Gasteiger partial charge in [-0.1, -0.05) is 19.1 Å². The smallest absolute Gasteiger partial charge is 0.191 e. The lowest BCUT2D eigenvalue weighted by atomic mass is 10.2. The number of nitrogens with one attached hydrogen (secondary N) is 2. The van der Waals surface area contributed by atoms with E-state index in [1.54, 1.807) is 0 Å². The summed E-state index contributed by atoms with van der Waals surface area (Å²) < 4.78 is 0. The summed E-state index contributed by atoms with van der Waals surface area (Å²) in [7, 11) is 4.13. The zero-order valence-electron chi connectivity index (χ0n) is 16.1. The summed E-state index contributed by atoms with van der Waals surface area (Å²) in [6, 6.07) is 9.18. The second-order valence-corrected chi connectivity index (χ2v) is 6.57. The van der Waals surface area contributed by atoms with Crippen LogP contribution in [-0.2, 0) is 6.54 Å². The van der Waals surface area contributed by atoms with Crippen LogP contribution in [0.1, 0.15) is 32.3 Å². The third-order valence-electron chi connectivity index (χ3n) is 4.60. The third kappa shape index (κ3) is 7.01. The standard InChI is InChI=1S/C19H33N5.HI/c1-5-20-19(22-15-18-11-8-12-24(18)6-2)21-14-16-9-7-10-17(13-16)23(3)4;/h7,9-10,13,18H,5-6,8,11-12,14-15H2,1-4H3,(H2,20,21,22);1H. The number of nitrogens with zero attached hydrogens (tertiary/aromatic N) is 3. The maximum Gasteiger partial charge on any atom is 0.191 e. The van der Waals surface area contributed by atoms with E-state index >= 15 is 0 Å². The number of aliphatic imine (C=N–C) groups is 1. The molecule has 1 saturated heterocycles. The maximum absolute atomic E-state index is 4.75. The average Bonchev–Trinajstić information content (AvgIpc) is 3.05. The molecule has 0 radical (unpaired) electrons. The highest BCUT2D eigenvalue weighted by atomic mass is 127. The van der Waals surface area contributed by atoms with Crippen LogP contribution in [-0.4, -0.2) is 57.2 Å². The second kappa shape index (κ2) is 11.6. The predicted octanol–water partition coefficient (Wildman–Crippen LogP) is 2.91. The Balaban J connectivity index is 0.00000312. The van der Waals surface area contributed by atoms with Crippen molar-refractivity contribution < 1.29 is 0 Å². The van der Waals surface area contributed by atoms with E-state index in [1.807, 2.05) is 0 Å². The first-order valence-electron chi connectivity index (χ1n) is 9.16. The van der Waals surface area contributed by atoms with Gasteiger partial charge in [0.25, 0.3) is 0 Å². The highest BCUT2D eigenvalue weighted by Crippen LogP contribution is 2.16. The van der Waals surface area contributed by atoms with Crippen molar-refractivity contribution in [1.82, 2.24) is 15.5 Å². The lowest BCUT2D eigenvalue weighted by Crippen LogP contribution is -2.44. The van der Waals surface area contributed by atoms with Gasteiger partial charge < -0.3 is 15.5 Å². The molecule has 5 nitrogen and oxygen atoms in total. The van der Waals surface area contributed by atoms with Crippen LogP contribution in [0.2, 0.25) is 0 Å². The fourth-order valence-corrected chi connectivity index (χ4v) is 3.20. The first-order chi connectivity index (χ1) is 11.6. The van der Waals surface area contributed by atoms with Gasteiger partial charge in [0.15, 0.2) is 5.96 Å². The Labute approximate surface area is 170 Å². The van der Waals surface area contributed by atoms with Crippen molar-refractivity contribution in [3.63, 3.8) is 0 Å². The topological polar surface area (TPSA) is 42.9 Å². The molecule has 0 aromatic heterocycles. The van der Waals surface area contributed by atoms with Gasteiger partial charge >= 0.3 is 0 Å². The highest BCUT2D eigenvalue weighted by molar-refractivity contribution is 14.0. The number of benzene rings is 1. The molecule has 1 aliphatic heterocycles. The molecule has 1 aromatic carbocycles. The summed E-state index contributed by atoms with van der Waals surface area (Å²) in [6.45, 7) is 9.26. The summed E-state index contributed by atoms with van der Waals surface area (Å²) in [5.74, 6) is 0.913. The van der Waals surface area contributed by atoms with Crippen molar-refractivity contribution in [2.45, 2.75) is 39.3 Å². The minimum absolute atomic E-state index is 0. The van der Waals surface area contributed by atoms with Crippen LogP contribution in [0.15, 0.2) is 29.3 Å². The van der Waals surface area contributed by atoms with Crippen molar-refractivity contribution in [3.05, 3.63) is 29.8 Å². The zero-order chi connectivity index (χ0) is 17.4. The Kier molecular flexibility index (Phi) is 10.2.